The number of rotatable bonds is 3. The fraction of sp³-hybridized carbons (Fsp3) is 0.348. The van der Waals surface area contributed by atoms with Crippen LogP contribution in [0.2, 0.25) is 0 Å². The Kier molecular flexibility index (Phi) is 5.02. The number of nitrogens with zero attached hydrogens (tertiary/aromatic N) is 2. The number of thiocarbonyl (C=S) groups is 1. The summed E-state index contributed by atoms with van der Waals surface area (Å²) in [5.41, 5.74) is 1.02. The molecule has 156 valence electrons. The van der Waals surface area contributed by atoms with E-state index in [4.69, 9.17) is 21.9 Å². The lowest BCUT2D eigenvalue weighted by Gasteiger charge is -2.61. The molecular formula is C23H26N4O2S. The van der Waals surface area contributed by atoms with Crippen molar-refractivity contribution < 1.29 is 9.53 Å². The predicted octanol–water partition coefficient (Wildman–Crippen LogP) is 3.10. The number of aliphatic imine (C=N–C) groups is 1. The second kappa shape index (κ2) is 7.40. The molecular weight excluding hydrogens is 396 g/mol. The van der Waals surface area contributed by atoms with Gasteiger partial charge in [-0.15, -0.1) is 0 Å². The second-order valence-corrected chi connectivity index (χ2v) is 8.47. The van der Waals surface area contributed by atoms with Crippen LogP contribution in [-0.4, -0.2) is 42.1 Å². The van der Waals surface area contributed by atoms with Gasteiger partial charge in [0.1, 0.15) is 5.66 Å². The van der Waals surface area contributed by atoms with Gasteiger partial charge in [0.15, 0.2) is 10.5 Å². The number of carbonyl (C=O) groups is 1. The molecule has 4 rings (SSSR count). The Bertz CT molecular complexity index is 994. The number of benzene rings is 2. The molecule has 2 aliphatic heterocycles. The van der Waals surface area contributed by atoms with Gasteiger partial charge in [-0.3, -0.25) is 9.79 Å². The van der Waals surface area contributed by atoms with Gasteiger partial charge < -0.3 is 20.3 Å². The van der Waals surface area contributed by atoms with E-state index in [1.165, 1.54) is 7.11 Å². The predicted molar refractivity (Wildman–Crippen MR) is 121 cm³/mol. The Morgan fingerprint density at radius 2 is 1.80 bits per heavy atom. The summed E-state index contributed by atoms with van der Waals surface area (Å²) in [5, 5.41) is 7.21. The Morgan fingerprint density at radius 3 is 2.43 bits per heavy atom. The molecule has 4 atom stereocenters. The highest BCUT2D eigenvalue weighted by Crippen LogP contribution is 2.57. The molecule has 2 heterocycles. The number of esters is 1. The monoisotopic (exact) mass is 422 g/mol. The van der Waals surface area contributed by atoms with Crippen LogP contribution in [0.3, 0.4) is 0 Å². The Labute approximate surface area is 182 Å². The molecule has 0 aliphatic carbocycles. The number of hydrogen-bond donors (Lipinski definition) is 2. The van der Waals surface area contributed by atoms with Crippen molar-refractivity contribution in [3.63, 3.8) is 0 Å². The highest BCUT2D eigenvalue weighted by Gasteiger charge is 2.70. The molecule has 0 bridgehead atoms. The van der Waals surface area contributed by atoms with Crippen molar-refractivity contribution in [2.24, 2.45) is 10.4 Å². The average Bonchev–Trinajstić information content (AvgIpc) is 2.75. The SMILES string of the molecule is COC(=O)[C@]12C(c3ccc(C)cc3)N=CN(C)[C@@]1(C)NC(=S)N[C@H]2c1ccccc1. The lowest BCUT2D eigenvalue weighted by Crippen LogP contribution is -2.79. The van der Waals surface area contributed by atoms with Gasteiger partial charge in [0.05, 0.1) is 25.5 Å². The molecule has 2 aromatic carbocycles. The van der Waals surface area contributed by atoms with E-state index in [1.54, 1.807) is 6.34 Å². The number of ether oxygens (including phenoxy) is 1. The van der Waals surface area contributed by atoms with Crippen LogP contribution in [0.15, 0.2) is 59.6 Å². The van der Waals surface area contributed by atoms with Crippen molar-refractivity contribution in [1.29, 1.82) is 0 Å². The van der Waals surface area contributed by atoms with Crippen LogP contribution in [0.1, 0.15) is 35.7 Å². The van der Waals surface area contributed by atoms with Gasteiger partial charge in [0, 0.05) is 7.05 Å². The first-order valence-electron chi connectivity index (χ1n) is 9.89. The largest absolute Gasteiger partial charge is 0.468 e. The summed E-state index contributed by atoms with van der Waals surface area (Å²) in [7, 11) is 3.33. The van der Waals surface area contributed by atoms with Gasteiger partial charge in [-0.05, 0) is 37.2 Å². The van der Waals surface area contributed by atoms with Crippen molar-refractivity contribution >= 4 is 29.6 Å². The molecule has 0 spiro atoms. The Morgan fingerprint density at radius 1 is 1.13 bits per heavy atom. The summed E-state index contributed by atoms with van der Waals surface area (Å²) >= 11 is 5.58. The maximum absolute atomic E-state index is 13.8. The lowest BCUT2D eigenvalue weighted by atomic mass is 9.59. The van der Waals surface area contributed by atoms with E-state index in [1.807, 2.05) is 80.4 Å². The Balaban J connectivity index is 2.04. The zero-order valence-electron chi connectivity index (χ0n) is 17.5. The van der Waals surface area contributed by atoms with E-state index < -0.39 is 23.2 Å². The van der Waals surface area contributed by atoms with E-state index in [2.05, 4.69) is 10.6 Å². The number of aryl methyl sites for hydroxylation is 1. The zero-order valence-corrected chi connectivity index (χ0v) is 18.4. The quantitative estimate of drug-likeness (QED) is 0.585. The van der Waals surface area contributed by atoms with E-state index in [-0.39, 0.29) is 5.97 Å². The van der Waals surface area contributed by atoms with Crippen LogP contribution in [0.25, 0.3) is 0 Å². The molecule has 6 nitrogen and oxygen atoms in total. The third-order valence-corrected chi connectivity index (χ3v) is 6.69. The molecule has 1 fully saturated rings. The van der Waals surface area contributed by atoms with Gasteiger partial charge in [0.25, 0.3) is 0 Å². The third kappa shape index (κ3) is 2.80. The average molecular weight is 423 g/mol. The van der Waals surface area contributed by atoms with E-state index in [9.17, 15) is 4.79 Å². The highest BCUT2D eigenvalue weighted by atomic mass is 32.1. The van der Waals surface area contributed by atoms with Gasteiger partial charge in [-0.2, -0.15) is 0 Å². The number of methoxy groups -OCH3 is 1. The maximum Gasteiger partial charge on any atom is 0.321 e. The molecule has 0 amide bonds. The van der Waals surface area contributed by atoms with Crippen LogP contribution in [0, 0.1) is 12.3 Å². The van der Waals surface area contributed by atoms with Gasteiger partial charge in [-0.1, -0.05) is 60.2 Å². The van der Waals surface area contributed by atoms with Gasteiger partial charge in [0.2, 0.25) is 0 Å². The fourth-order valence-electron chi connectivity index (χ4n) is 4.78. The van der Waals surface area contributed by atoms with Gasteiger partial charge in [-0.25, -0.2) is 0 Å². The third-order valence-electron chi connectivity index (χ3n) is 6.47. The van der Waals surface area contributed by atoms with Crippen LogP contribution >= 0.6 is 12.2 Å². The molecule has 0 saturated carbocycles. The number of carbonyl (C=O) groups excluding carboxylic acids is 1. The second-order valence-electron chi connectivity index (χ2n) is 8.06. The van der Waals surface area contributed by atoms with Crippen molar-refractivity contribution in [3.8, 4) is 0 Å². The highest BCUT2D eigenvalue weighted by molar-refractivity contribution is 7.80. The van der Waals surface area contributed by atoms with E-state index >= 15 is 0 Å². The summed E-state index contributed by atoms with van der Waals surface area (Å²) in [6, 6.07) is 17.1. The number of nitrogens with one attached hydrogen (secondary N) is 2. The van der Waals surface area contributed by atoms with Crippen LogP contribution < -0.4 is 10.6 Å². The topological polar surface area (TPSA) is 66.0 Å². The standard InChI is InChI=1S/C23H26N4O2S/c1-15-10-12-17(13-11-15)18-23(20(28)29-4)19(16-8-6-5-7-9-16)25-21(30)26-22(23,2)27(3)14-24-18/h5-14,18-19H,1-4H3,(H2,25,26,30)/t18?,19-,22+,23+/m0/s1. The molecule has 2 aromatic rings. The minimum atomic E-state index is -1.13. The molecule has 2 aliphatic rings. The summed E-state index contributed by atoms with van der Waals surface area (Å²) in [4.78, 5) is 20.5. The van der Waals surface area contributed by atoms with Crippen molar-refractivity contribution in [2.75, 3.05) is 14.2 Å². The molecule has 30 heavy (non-hydrogen) atoms. The van der Waals surface area contributed by atoms with Gasteiger partial charge >= 0.3 is 5.97 Å². The minimum absolute atomic E-state index is 0.351. The summed E-state index contributed by atoms with van der Waals surface area (Å²) < 4.78 is 5.46. The van der Waals surface area contributed by atoms with Crippen molar-refractivity contribution in [2.45, 2.75) is 31.6 Å². The van der Waals surface area contributed by atoms with Crippen LogP contribution in [0.5, 0.6) is 0 Å². The number of hydrogen-bond acceptors (Lipinski definition) is 5. The molecule has 0 aromatic heterocycles. The van der Waals surface area contributed by atoms with E-state index in [0.29, 0.717) is 5.11 Å². The molecule has 1 saturated heterocycles. The molecule has 2 N–H and O–H groups in total. The summed E-state index contributed by atoms with van der Waals surface area (Å²) in [6.45, 7) is 4.02. The Hall–Kier alpha value is -2.93. The van der Waals surface area contributed by atoms with Crippen LogP contribution in [0.4, 0.5) is 0 Å². The summed E-state index contributed by atoms with van der Waals surface area (Å²) in [5.74, 6) is -0.351. The smallest absolute Gasteiger partial charge is 0.321 e. The lowest BCUT2D eigenvalue weighted by molar-refractivity contribution is -0.172. The van der Waals surface area contributed by atoms with Crippen LogP contribution in [-0.2, 0) is 9.53 Å². The maximum atomic E-state index is 13.8. The first-order valence-corrected chi connectivity index (χ1v) is 10.3. The first-order chi connectivity index (χ1) is 14.3. The molecule has 7 heteroatoms. The number of fused-ring (bicyclic) bond motifs is 1. The summed E-state index contributed by atoms with van der Waals surface area (Å²) in [6.07, 6.45) is 1.77. The fourth-order valence-corrected chi connectivity index (χ4v) is 5.09. The van der Waals surface area contributed by atoms with Crippen molar-refractivity contribution in [3.05, 3.63) is 71.3 Å². The molecule has 0 radical (unpaired) electrons. The van der Waals surface area contributed by atoms with E-state index in [0.717, 1.165) is 16.7 Å². The minimum Gasteiger partial charge on any atom is -0.468 e. The molecule has 1 unspecified atom stereocenters. The normalized spacial score (nSPS) is 30.1. The van der Waals surface area contributed by atoms with Crippen molar-refractivity contribution in [1.82, 2.24) is 15.5 Å². The first kappa shape index (κ1) is 20.3. The zero-order chi connectivity index (χ0) is 21.5.